The van der Waals surface area contributed by atoms with E-state index >= 15 is 0 Å². The summed E-state index contributed by atoms with van der Waals surface area (Å²) >= 11 is 0. The molecule has 5 heteroatoms. The number of rotatable bonds is 3. The van der Waals surface area contributed by atoms with Crippen LogP contribution in [0.15, 0.2) is 12.4 Å². The zero-order valence-electron chi connectivity index (χ0n) is 11.3. The average molecular weight is 251 g/mol. The Labute approximate surface area is 108 Å². The molecule has 1 aliphatic heterocycles. The van der Waals surface area contributed by atoms with Gasteiger partial charge in [-0.05, 0) is 20.8 Å². The lowest BCUT2D eigenvalue weighted by Gasteiger charge is -2.22. The topological polar surface area (TPSA) is 56.3 Å². The van der Waals surface area contributed by atoms with Crippen LogP contribution in [0.2, 0.25) is 0 Å². The van der Waals surface area contributed by atoms with Crippen molar-refractivity contribution in [2.45, 2.75) is 39.0 Å². The predicted octanol–water partition coefficient (Wildman–Crippen LogP) is 1.45. The minimum absolute atomic E-state index is 0.0962. The quantitative estimate of drug-likeness (QED) is 0.881. The second-order valence-corrected chi connectivity index (χ2v) is 5.49. The van der Waals surface area contributed by atoms with E-state index in [-0.39, 0.29) is 11.6 Å². The normalized spacial score (nSPS) is 20.9. The van der Waals surface area contributed by atoms with E-state index in [4.69, 9.17) is 9.47 Å². The smallest absolute Gasteiger partial charge is 0.159 e. The van der Waals surface area contributed by atoms with Crippen LogP contribution in [-0.4, -0.2) is 35.3 Å². The maximum absolute atomic E-state index is 5.55. The van der Waals surface area contributed by atoms with Gasteiger partial charge in [0.25, 0.3) is 0 Å². The van der Waals surface area contributed by atoms with E-state index in [2.05, 4.69) is 36.1 Å². The highest BCUT2D eigenvalue weighted by molar-refractivity contribution is 5.07. The van der Waals surface area contributed by atoms with Gasteiger partial charge in [0, 0.05) is 30.0 Å². The molecular formula is C13H21N3O2. The first-order valence-corrected chi connectivity index (χ1v) is 6.30. The fraction of sp³-hybridized carbons (Fsp3) is 0.692. The van der Waals surface area contributed by atoms with Crippen LogP contribution >= 0.6 is 0 Å². The van der Waals surface area contributed by atoms with Crippen molar-refractivity contribution in [2.75, 3.05) is 19.8 Å². The maximum atomic E-state index is 5.55. The van der Waals surface area contributed by atoms with Crippen LogP contribution in [0.1, 0.15) is 38.3 Å². The van der Waals surface area contributed by atoms with Crippen molar-refractivity contribution in [1.82, 2.24) is 15.3 Å². The van der Waals surface area contributed by atoms with Crippen molar-refractivity contribution in [3.63, 3.8) is 0 Å². The largest absolute Gasteiger partial charge is 0.376 e. The maximum Gasteiger partial charge on any atom is 0.159 e. The van der Waals surface area contributed by atoms with E-state index in [0.717, 1.165) is 12.1 Å². The Balaban J connectivity index is 1.92. The van der Waals surface area contributed by atoms with Crippen molar-refractivity contribution in [1.29, 1.82) is 0 Å². The summed E-state index contributed by atoms with van der Waals surface area (Å²) in [6.45, 7) is 8.98. The van der Waals surface area contributed by atoms with E-state index in [1.807, 2.05) is 12.4 Å². The Kier molecular flexibility index (Phi) is 4.27. The molecule has 0 spiro atoms. The van der Waals surface area contributed by atoms with Crippen molar-refractivity contribution in [2.24, 2.45) is 0 Å². The standard InChI is InChI=1S/C13H21N3O2/c1-13(2,3)16-8-10-6-14-12(15-7-10)11-9-17-4-5-18-11/h6-7,11,16H,4-5,8-9H2,1-3H3. The van der Waals surface area contributed by atoms with Crippen molar-refractivity contribution >= 4 is 0 Å². The van der Waals surface area contributed by atoms with E-state index in [0.29, 0.717) is 25.6 Å². The highest BCUT2D eigenvalue weighted by atomic mass is 16.6. The summed E-state index contributed by atoms with van der Waals surface area (Å²) in [4.78, 5) is 8.69. The van der Waals surface area contributed by atoms with Gasteiger partial charge in [-0.1, -0.05) is 0 Å². The molecule has 18 heavy (non-hydrogen) atoms. The SMILES string of the molecule is CC(C)(C)NCc1cnc(C2COCCO2)nc1. The second-order valence-electron chi connectivity index (χ2n) is 5.49. The molecule has 100 valence electrons. The highest BCUT2D eigenvalue weighted by Crippen LogP contribution is 2.16. The molecule has 0 radical (unpaired) electrons. The number of nitrogens with zero attached hydrogens (tertiary/aromatic N) is 2. The summed E-state index contributed by atoms with van der Waals surface area (Å²) in [6, 6.07) is 0. The first-order chi connectivity index (χ1) is 8.54. The molecule has 0 bridgehead atoms. The van der Waals surface area contributed by atoms with Crippen LogP contribution in [0.3, 0.4) is 0 Å². The van der Waals surface area contributed by atoms with Gasteiger partial charge in [-0.15, -0.1) is 0 Å². The monoisotopic (exact) mass is 251 g/mol. The van der Waals surface area contributed by atoms with Gasteiger partial charge in [0.1, 0.15) is 6.10 Å². The average Bonchev–Trinajstić information content (AvgIpc) is 2.37. The molecule has 1 aromatic heterocycles. The van der Waals surface area contributed by atoms with E-state index < -0.39 is 0 Å². The van der Waals surface area contributed by atoms with Gasteiger partial charge >= 0.3 is 0 Å². The number of nitrogens with one attached hydrogen (secondary N) is 1. The van der Waals surface area contributed by atoms with Crippen LogP contribution in [-0.2, 0) is 16.0 Å². The lowest BCUT2D eigenvalue weighted by Crippen LogP contribution is -2.35. The Morgan fingerprint density at radius 3 is 2.56 bits per heavy atom. The third kappa shape index (κ3) is 4.01. The zero-order valence-corrected chi connectivity index (χ0v) is 11.3. The molecule has 1 saturated heterocycles. The van der Waals surface area contributed by atoms with Crippen LogP contribution < -0.4 is 5.32 Å². The molecule has 0 saturated carbocycles. The molecule has 1 fully saturated rings. The first kappa shape index (κ1) is 13.4. The molecule has 1 atom stereocenters. The van der Waals surface area contributed by atoms with Gasteiger partial charge in [0.05, 0.1) is 19.8 Å². The zero-order chi connectivity index (χ0) is 13.0. The number of ether oxygens (including phenoxy) is 2. The molecule has 5 nitrogen and oxygen atoms in total. The molecular weight excluding hydrogens is 230 g/mol. The first-order valence-electron chi connectivity index (χ1n) is 6.30. The van der Waals surface area contributed by atoms with Gasteiger partial charge in [-0.3, -0.25) is 0 Å². The van der Waals surface area contributed by atoms with Crippen LogP contribution in [0, 0.1) is 0 Å². The van der Waals surface area contributed by atoms with Gasteiger partial charge in [0.2, 0.25) is 0 Å². The van der Waals surface area contributed by atoms with Crippen molar-refractivity contribution in [3.8, 4) is 0 Å². The summed E-state index contributed by atoms with van der Waals surface area (Å²) in [7, 11) is 0. The van der Waals surface area contributed by atoms with Crippen LogP contribution in [0.25, 0.3) is 0 Å². The molecule has 2 heterocycles. The van der Waals surface area contributed by atoms with Gasteiger partial charge in [-0.25, -0.2) is 9.97 Å². The molecule has 0 aliphatic carbocycles. The number of hydrogen-bond acceptors (Lipinski definition) is 5. The minimum Gasteiger partial charge on any atom is -0.376 e. The second kappa shape index (κ2) is 5.73. The molecule has 1 aliphatic rings. The number of aromatic nitrogens is 2. The molecule has 0 amide bonds. The third-order valence-electron chi connectivity index (χ3n) is 2.65. The molecule has 2 rings (SSSR count). The predicted molar refractivity (Wildman–Crippen MR) is 68.1 cm³/mol. The summed E-state index contributed by atoms with van der Waals surface area (Å²) in [5.41, 5.74) is 1.17. The van der Waals surface area contributed by atoms with Gasteiger partial charge in [0.15, 0.2) is 5.82 Å². The summed E-state index contributed by atoms with van der Waals surface area (Å²) in [6.07, 6.45) is 3.57. The van der Waals surface area contributed by atoms with E-state index in [9.17, 15) is 0 Å². The molecule has 1 aromatic rings. The molecule has 1 N–H and O–H groups in total. The Bertz CT molecular complexity index is 367. The Morgan fingerprint density at radius 2 is 2.00 bits per heavy atom. The lowest BCUT2D eigenvalue weighted by molar-refractivity contribution is -0.0935. The van der Waals surface area contributed by atoms with E-state index in [1.165, 1.54) is 0 Å². The Morgan fingerprint density at radius 1 is 1.28 bits per heavy atom. The van der Waals surface area contributed by atoms with Crippen molar-refractivity contribution in [3.05, 3.63) is 23.8 Å². The molecule has 0 aromatic carbocycles. The number of hydrogen-bond donors (Lipinski definition) is 1. The summed E-state index contributed by atoms with van der Waals surface area (Å²) in [5.74, 6) is 0.703. The lowest BCUT2D eigenvalue weighted by atomic mass is 10.1. The van der Waals surface area contributed by atoms with Crippen LogP contribution in [0.4, 0.5) is 0 Å². The molecule has 1 unspecified atom stereocenters. The fourth-order valence-corrected chi connectivity index (χ4v) is 1.63. The van der Waals surface area contributed by atoms with Gasteiger partial charge < -0.3 is 14.8 Å². The van der Waals surface area contributed by atoms with Crippen LogP contribution in [0.5, 0.6) is 0 Å². The highest BCUT2D eigenvalue weighted by Gasteiger charge is 2.19. The Hall–Kier alpha value is -1.04. The fourth-order valence-electron chi connectivity index (χ4n) is 1.63. The van der Waals surface area contributed by atoms with E-state index in [1.54, 1.807) is 0 Å². The minimum atomic E-state index is -0.122. The summed E-state index contributed by atoms with van der Waals surface area (Å²) in [5, 5.41) is 3.40. The third-order valence-corrected chi connectivity index (χ3v) is 2.65. The summed E-state index contributed by atoms with van der Waals surface area (Å²) < 4.78 is 10.9. The van der Waals surface area contributed by atoms with Crippen molar-refractivity contribution < 1.29 is 9.47 Å². The van der Waals surface area contributed by atoms with Gasteiger partial charge in [-0.2, -0.15) is 0 Å².